The number of likely N-dealkylation sites (tertiary alicyclic amines) is 1. The van der Waals surface area contributed by atoms with Gasteiger partial charge in [-0.05, 0) is 55.3 Å². The van der Waals surface area contributed by atoms with Crippen molar-refractivity contribution in [1.29, 1.82) is 0 Å². The third-order valence-electron chi connectivity index (χ3n) is 7.31. The highest BCUT2D eigenvalue weighted by Crippen LogP contribution is 2.56. The quantitative estimate of drug-likeness (QED) is 0.332. The number of hydrogen-bond acceptors (Lipinski definition) is 7. The van der Waals surface area contributed by atoms with E-state index in [2.05, 4.69) is 18.8 Å². The molecule has 33 heavy (non-hydrogen) atoms. The number of aromatic nitrogens is 1. The van der Waals surface area contributed by atoms with Gasteiger partial charge in [0.1, 0.15) is 19.3 Å². The van der Waals surface area contributed by atoms with Crippen LogP contribution in [0.1, 0.15) is 58.1 Å². The Kier molecular flexibility index (Phi) is 7.88. The van der Waals surface area contributed by atoms with Crippen molar-refractivity contribution in [2.45, 2.75) is 81.8 Å². The number of amides is 1. The monoisotopic (exact) mass is 478 g/mol. The lowest BCUT2D eigenvalue weighted by atomic mass is 9.79. The van der Waals surface area contributed by atoms with Gasteiger partial charge in [-0.15, -0.1) is 0 Å². The molecule has 1 saturated heterocycles. The minimum atomic E-state index is -1.01. The molecule has 2 aliphatic carbocycles. The summed E-state index contributed by atoms with van der Waals surface area (Å²) in [5.41, 5.74) is 0.435. The van der Waals surface area contributed by atoms with Gasteiger partial charge < -0.3 is 23.8 Å². The molecule has 0 aromatic carbocycles. The third kappa shape index (κ3) is 5.50. The number of thioether (sulfide) groups is 1. The van der Waals surface area contributed by atoms with E-state index in [-0.39, 0.29) is 31.6 Å². The van der Waals surface area contributed by atoms with Gasteiger partial charge in [0.05, 0.1) is 12.1 Å². The zero-order chi connectivity index (χ0) is 23.5. The molecule has 0 radical (unpaired) electrons. The van der Waals surface area contributed by atoms with Gasteiger partial charge >= 0.3 is 0 Å². The van der Waals surface area contributed by atoms with Crippen LogP contribution in [0.3, 0.4) is 0 Å². The van der Waals surface area contributed by atoms with Crippen LogP contribution in [0.2, 0.25) is 0 Å². The minimum absolute atomic E-state index is 0.0510. The Morgan fingerprint density at radius 3 is 2.58 bits per heavy atom. The van der Waals surface area contributed by atoms with Crippen LogP contribution in [-0.4, -0.2) is 72.3 Å². The van der Waals surface area contributed by atoms with Crippen LogP contribution in [0, 0.1) is 5.41 Å². The smallest absolute Gasteiger partial charge is 0.259 e. The van der Waals surface area contributed by atoms with Crippen LogP contribution in [0.5, 0.6) is 5.75 Å². The summed E-state index contributed by atoms with van der Waals surface area (Å²) in [5.74, 6) is 1.51. The number of ether oxygens (including phenoxy) is 4. The highest BCUT2D eigenvalue weighted by atomic mass is 32.2. The van der Waals surface area contributed by atoms with Crippen LogP contribution < -0.4 is 4.74 Å². The SMILES string of the molecule is COCO[C@@]1(Cc2cc(OC3CCC4(CC3)CC4)ccn2)C(=O)N(COC)[C@H]1CSC(C)C. The van der Waals surface area contributed by atoms with E-state index in [1.165, 1.54) is 25.7 Å². The van der Waals surface area contributed by atoms with Gasteiger partial charge in [0, 0.05) is 44.4 Å². The maximum atomic E-state index is 13.3. The lowest BCUT2D eigenvalue weighted by Crippen LogP contribution is -2.77. The standard InChI is InChI=1S/C25H38N2O5S/c1-18(2)33-15-22-25(31-17-30-4,23(28)27(22)16-29-3)14-19-13-21(7-12-26-19)32-20-5-8-24(9-6-20)10-11-24/h7,12-13,18,20,22H,5-6,8-11,14-17H2,1-4H3/t22-,25+/m0/s1. The van der Waals surface area contributed by atoms with E-state index in [0.717, 1.165) is 30.0 Å². The molecule has 1 aliphatic heterocycles. The van der Waals surface area contributed by atoms with Gasteiger partial charge in [0.2, 0.25) is 0 Å². The summed E-state index contributed by atoms with van der Waals surface area (Å²) < 4.78 is 22.9. The highest BCUT2D eigenvalue weighted by molar-refractivity contribution is 7.99. The van der Waals surface area contributed by atoms with Crippen molar-refractivity contribution >= 4 is 17.7 Å². The van der Waals surface area contributed by atoms with Crippen molar-refractivity contribution in [3.63, 3.8) is 0 Å². The number of nitrogens with zero attached hydrogens (tertiary/aromatic N) is 2. The summed E-state index contributed by atoms with van der Waals surface area (Å²) in [4.78, 5) is 19.6. The molecule has 3 fully saturated rings. The van der Waals surface area contributed by atoms with Crippen molar-refractivity contribution in [1.82, 2.24) is 9.88 Å². The van der Waals surface area contributed by atoms with Crippen LogP contribution in [0.25, 0.3) is 0 Å². The minimum Gasteiger partial charge on any atom is -0.490 e. The van der Waals surface area contributed by atoms with Crippen molar-refractivity contribution in [2.24, 2.45) is 5.41 Å². The predicted molar refractivity (Wildman–Crippen MR) is 128 cm³/mol. The lowest BCUT2D eigenvalue weighted by Gasteiger charge is -2.54. The molecule has 1 aromatic heterocycles. The Labute approximate surface area is 201 Å². The maximum Gasteiger partial charge on any atom is 0.259 e. The van der Waals surface area contributed by atoms with Crippen molar-refractivity contribution < 1.29 is 23.7 Å². The van der Waals surface area contributed by atoms with Gasteiger partial charge in [-0.2, -0.15) is 11.8 Å². The average Bonchev–Trinajstić information content (AvgIpc) is 3.57. The second-order valence-corrected chi connectivity index (χ2v) is 11.6. The molecule has 2 saturated carbocycles. The summed E-state index contributed by atoms with van der Waals surface area (Å²) in [6.45, 7) is 4.61. The Morgan fingerprint density at radius 1 is 1.18 bits per heavy atom. The topological polar surface area (TPSA) is 70.1 Å². The third-order valence-corrected chi connectivity index (χ3v) is 8.49. The fourth-order valence-corrected chi connectivity index (χ4v) is 6.18. The first kappa shape index (κ1) is 24.8. The van der Waals surface area contributed by atoms with E-state index in [9.17, 15) is 4.79 Å². The molecule has 7 nitrogen and oxygen atoms in total. The first-order valence-electron chi connectivity index (χ1n) is 12.1. The molecule has 1 amide bonds. The van der Waals surface area contributed by atoms with Crippen molar-refractivity contribution in [2.75, 3.05) is 33.5 Å². The molecular formula is C25H38N2O5S. The van der Waals surface area contributed by atoms with Crippen molar-refractivity contribution in [3.8, 4) is 5.75 Å². The van der Waals surface area contributed by atoms with Gasteiger partial charge in [-0.25, -0.2) is 0 Å². The molecule has 0 N–H and O–H groups in total. The molecule has 2 heterocycles. The molecule has 0 unspecified atom stereocenters. The number of carbonyl (C=O) groups is 1. The molecule has 0 bridgehead atoms. The van der Waals surface area contributed by atoms with Crippen molar-refractivity contribution in [3.05, 3.63) is 24.0 Å². The highest BCUT2D eigenvalue weighted by Gasteiger charge is 2.62. The molecule has 3 aliphatic rings. The van der Waals surface area contributed by atoms with Crippen LogP contribution in [0.15, 0.2) is 18.3 Å². The number of β-lactam (4-membered cyclic amide) rings is 1. The number of carbonyl (C=O) groups excluding carboxylic acids is 1. The number of hydrogen-bond donors (Lipinski definition) is 0. The van der Waals surface area contributed by atoms with Gasteiger partial charge in [-0.1, -0.05) is 13.8 Å². The number of pyridine rings is 1. The first-order valence-corrected chi connectivity index (χ1v) is 13.1. The summed E-state index contributed by atoms with van der Waals surface area (Å²) >= 11 is 1.81. The average molecular weight is 479 g/mol. The fourth-order valence-electron chi connectivity index (χ4n) is 5.16. The number of rotatable bonds is 12. The molecule has 2 atom stereocenters. The van der Waals surface area contributed by atoms with E-state index in [0.29, 0.717) is 17.1 Å². The van der Waals surface area contributed by atoms with Gasteiger partial charge in [0.25, 0.3) is 5.91 Å². The van der Waals surface area contributed by atoms with Gasteiger partial charge in [-0.3, -0.25) is 9.78 Å². The van der Waals surface area contributed by atoms with Gasteiger partial charge in [0.15, 0.2) is 5.60 Å². The van der Waals surface area contributed by atoms with E-state index in [1.54, 1.807) is 25.3 Å². The molecule has 8 heteroatoms. The van der Waals surface area contributed by atoms with Crippen LogP contribution in [-0.2, 0) is 25.4 Å². The molecule has 1 aromatic rings. The maximum absolute atomic E-state index is 13.3. The van der Waals surface area contributed by atoms with E-state index in [1.807, 2.05) is 23.9 Å². The summed E-state index contributed by atoms with van der Waals surface area (Å²) in [6, 6.07) is 3.77. The Hall–Kier alpha value is -1.35. The number of methoxy groups -OCH3 is 2. The van der Waals surface area contributed by atoms with E-state index in [4.69, 9.17) is 18.9 Å². The zero-order valence-corrected chi connectivity index (χ0v) is 21.2. The first-order chi connectivity index (χ1) is 15.9. The molecule has 184 valence electrons. The Morgan fingerprint density at radius 2 is 1.94 bits per heavy atom. The van der Waals surface area contributed by atoms with E-state index >= 15 is 0 Å². The lowest BCUT2D eigenvalue weighted by molar-refractivity contribution is -0.229. The summed E-state index contributed by atoms with van der Waals surface area (Å²) in [6.07, 6.45) is 10.0. The Bertz CT molecular complexity index is 808. The van der Waals surface area contributed by atoms with Crippen LogP contribution >= 0.6 is 11.8 Å². The molecule has 4 rings (SSSR count). The second-order valence-electron chi connectivity index (χ2n) is 10.0. The largest absolute Gasteiger partial charge is 0.490 e. The summed E-state index contributed by atoms with van der Waals surface area (Å²) in [7, 11) is 3.18. The van der Waals surface area contributed by atoms with E-state index < -0.39 is 5.60 Å². The molecular weight excluding hydrogens is 440 g/mol. The van der Waals surface area contributed by atoms with Crippen LogP contribution in [0.4, 0.5) is 0 Å². The second kappa shape index (κ2) is 10.5. The molecule has 1 spiro atoms. The zero-order valence-electron chi connectivity index (χ0n) is 20.4. The predicted octanol–water partition coefficient (Wildman–Crippen LogP) is 4.04. The summed E-state index contributed by atoms with van der Waals surface area (Å²) in [5, 5.41) is 0.449. The fraction of sp³-hybridized carbons (Fsp3) is 0.760. The Balaban J connectivity index is 1.48. The normalized spacial score (nSPS) is 26.6.